The Bertz CT molecular complexity index is 117. The molecule has 4 heteroatoms. The van der Waals surface area contributed by atoms with Crippen molar-refractivity contribution in [2.75, 3.05) is 7.05 Å². The van der Waals surface area contributed by atoms with Gasteiger partial charge in [-0.05, 0) is 17.7 Å². The van der Waals surface area contributed by atoms with Crippen molar-refractivity contribution >= 4 is 17.7 Å². The molecular weight excluding hydrogens is 152 g/mol. The van der Waals surface area contributed by atoms with Crippen LogP contribution in [-0.4, -0.2) is 23.4 Å². The molecule has 0 aromatic heterocycles. The van der Waals surface area contributed by atoms with Crippen LogP contribution < -0.4 is 5.73 Å². The first-order valence-electron chi connectivity index (χ1n) is 3.14. The molecule has 0 aliphatic heterocycles. The van der Waals surface area contributed by atoms with Gasteiger partial charge in [0.1, 0.15) is 6.04 Å². The molecule has 1 atom stereocenters. The first kappa shape index (κ1) is 9.72. The van der Waals surface area contributed by atoms with Crippen molar-refractivity contribution in [2.24, 2.45) is 11.7 Å². The van der Waals surface area contributed by atoms with E-state index in [0.29, 0.717) is 0 Å². The molecule has 0 saturated carbocycles. The van der Waals surface area contributed by atoms with E-state index >= 15 is 0 Å². The molecule has 0 aromatic rings. The molecule has 0 rings (SSSR count). The van der Waals surface area contributed by atoms with Gasteiger partial charge in [0.25, 0.3) is 0 Å². The number of halogens is 1. The molecule has 0 aliphatic rings. The number of rotatable bonds is 3. The highest BCUT2D eigenvalue weighted by atomic mass is 35.5. The van der Waals surface area contributed by atoms with E-state index in [-0.39, 0.29) is 17.9 Å². The van der Waals surface area contributed by atoms with E-state index in [1.54, 1.807) is 7.05 Å². The molecule has 0 saturated heterocycles. The van der Waals surface area contributed by atoms with Gasteiger partial charge in [-0.2, -0.15) is 0 Å². The monoisotopic (exact) mass is 164 g/mol. The highest BCUT2D eigenvalue weighted by molar-refractivity contribution is 6.14. The van der Waals surface area contributed by atoms with E-state index in [4.69, 9.17) is 17.5 Å². The molecule has 0 spiro atoms. The van der Waals surface area contributed by atoms with Gasteiger partial charge in [-0.15, -0.1) is 0 Å². The zero-order valence-corrected chi connectivity index (χ0v) is 7.22. The first-order chi connectivity index (χ1) is 4.46. The summed E-state index contributed by atoms with van der Waals surface area (Å²) in [7, 11) is 1.62. The summed E-state index contributed by atoms with van der Waals surface area (Å²) >= 11 is 5.57. The molecule has 0 heterocycles. The van der Waals surface area contributed by atoms with Gasteiger partial charge in [0.15, 0.2) is 0 Å². The third-order valence-corrected chi connectivity index (χ3v) is 1.52. The second-order valence-corrected chi connectivity index (χ2v) is 3.15. The number of carbonyl (C=O) groups is 1. The molecule has 3 nitrogen and oxygen atoms in total. The van der Waals surface area contributed by atoms with Gasteiger partial charge in [0.05, 0.1) is 0 Å². The minimum atomic E-state index is -0.382. The average molecular weight is 165 g/mol. The van der Waals surface area contributed by atoms with Crippen LogP contribution in [0, 0.1) is 5.92 Å². The van der Waals surface area contributed by atoms with E-state index < -0.39 is 0 Å². The van der Waals surface area contributed by atoms with Crippen molar-refractivity contribution in [1.82, 2.24) is 4.42 Å². The number of carbonyl (C=O) groups excluding carboxylic acids is 1. The van der Waals surface area contributed by atoms with Gasteiger partial charge in [0, 0.05) is 7.05 Å². The fraction of sp³-hybridized carbons (Fsp3) is 0.833. The van der Waals surface area contributed by atoms with Gasteiger partial charge in [-0.1, -0.05) is 13.8 Å². The van der Waals surface area contributed by atoms with Crippen molar-refractivity contribution in [3.63, 3.8) is 0 Å². The third-order valence-electron chi connectivity index (χ3n) is 1.31. The van der Waals surface area contributed by atoms with Crippen LogP contribution in [0.2, 0.25) is 0 Å². The Morgan fingerprint density at radius 3 is 2.00 bits per heavy atom. The van der Waals surface area contributed by atoms with Crippen molar-refractivity contribution in [3.05, 3.63) is 0 Å². The molecule has 0 unspecified atom stereocenters. The maximum atomic E-state index is 10.7. The van der Waals surface area contributed by atoms with Gasteiger partial charge < -0.3 is 5.73 Å². The summed E-state index contributed by atoms with van der Waals surface area (Å²) in [4.78, 5) is 10.7. The van der Waals surface area contributed by atoms with E-state index in [1.807, 2.05) is 13.8 Å². The molecule has 0 aliphatic carbocycles. The lowest BCUT2D eigenvalue weighted by Crippen LogP contribution is -2.41. The molecule has 10 heavy (non-hydrogen) atoms. The third kappa shape index (κ3) is 2.54. The molecule has 0 fully saturated rings. The summed E-state index contributed by atoms with van der Waals surface area (Å²) in [5.74, 6) is -0.229. The van der Waals surface area contributed by atoms with Crippen LogP contribution >= 0.6 is 11.8 Å². The van der Waals surface area contributed by atoms with E-state index in [0.717, 1.165) is 0 Å². The van der Waals surface area contributed by atoms with Crippen LogP contribution in [0.15, 0.2) is 0 Å². The smallest absolute Gasteiger partial charge is 0.236 e. The Labute approximate surface area is 66.2 Å². The SMILES string of the molecule is CC(C)[C@@H](C(N)=O)N(C)Cl. The number of likely N-dealkylation sites (N-methyl/N-ethyl adjacent to an activating group) is 1. The summed E-state index contributed by atoms with van der Waals surface area (Å²) in [6, 6.07) is -0.373. The molecule has 0 radical (unpaired) electrons. The maximum Gasteiger partial charge on any atom is 0.236 e. The first-order valence-corrected chi connectivity index (χ1v) is 3.48. The Morgan fingerprint density at radius 2 is 2.00 bits per heavy atom. The molecule has 2 N–H and O–H groups in total. The van der Waals surface area contributed by atoms with E-state index in [1.165, 1.54) is 4.42 Å². The molecule has 1 amide bonds. The zero-order valence-electron chi connectivity index (χ0n) is 6.47. The van der Waals surface area contributed by atoms with Gasteiger partial charge in [-0.3, -0.25) is 4.79 Å². The predicted molar refractivity (Wildman–Crippen MR) is 41.4 cm³/mol. The quantitative estimate of drug-likeness (QED) is 0.621. The summed E-state index contributed by atoms with van der Waals surface area (Å²) in [6.07, 6.45) is 0. The molecule has 0 bridgehead atoms. The highest BCUT2D eigenvalue weighted by Crippen LogP contribution is 2.09. The summed E-state index contributed by atoms with van der Waals surface area (Å²) in [5.41, 5.74) is 5.07. The number of nitrogens with two attached hydrogens (primary N) is 1. The van der Waals surface area contributed by atoms with Gasteiger partial charge >= 0.3 is 0 Å². The normalized spacial score (nSPS) is 14.2. The van der Waals surface area contributed by atoms with E-state index in [9.17, 15) is 4.79 Å². The molecule has 60 valence electrons. The highest BCUT2D eigenvalue weighted by Gasteiger charge is 2.22. The van der Waals surface area contributed by atoms with Crippen LogP contribution in [0.25, 0.3) is 0 Å². The standard InChI is InChI=1S/C6H13ClN2O/c1-4(2)5(6(8)10)9(3)7/h4-5H,1-3H3,(H2,8,10)/t5-/m0/s1. The molecule has 0 aromatic carbocycles. The topological polar surface area (TPSA) is 46.3 Å². The minimum Gasteiger partial charge on any atom is -0.368 e. The van der Waals surface area contributed by atoms with Crippen LogP contribution in [0.4, 0.5) is 0 Å². The number of hydrogen-bond acceptors (Lipinski definition) is 2. The summed E-state index contributed by atoms with van der Waals surface area (Å²) < 4.78 is 1.31. The Hall–Kier alpha value is -0.280. The summed E-state index contributed by atoms with van der Waals surface area (Å²) in [5, 5.41) is 0. The van der Waals surface area contributed by atoms with E-state index in [2.05, 4.69) is 0 Å². The second kappa shape index (κ2) is 3.78. The Kier molecular flexibility index (Phi) is 3.68. The van der Waals surface area contributed by atoms with Crippen molar-refractivity contribution in [2.45, 2.75) is 19.9 Å². The largest absolute Gasteiger partial charge is 0.368 e. The average Bonchev–Trinajstić information content (AvgIpc) is 1.59. The van der Waals surface area contributed by atoms with Gasteiger partial charge in [-0.25, -0.2) is 4.42 Å². The second-order valence-electron chi connectivity index (χ2n) is 2.62. The van der Waals surface area contributed by atoms with Crippen LogP contribution in [0.3, 0.4) is 0 Å². The van der Waals surface area contributed by atoms with Crippen molar-refractivity contribution < 1.29 is 4.79 Å². The Morgan fingerprint density at radius 1 is 1.60 bits per heavy atom. The van der Waals surface area contributed by atoms with Crippen LogP contribution in [0.1, 0.15) is 13.8 Å². The molecular formula is C6H13ClN2O. The lowest BCUT2D eigenvalue weighted by Gasteiger charge is -2.21. The fourth-order valence-electron chi connectivity index (χ4n) is 0.915. The van der Waals surface area contributed by atoms with Crippen LogP contribution in [-0.2, 0) is 4.79 Å². The lowest BCUT2D eigenvalue weighted by atomic mass is 10.0. The predicted octanol–water partition coefficient (Wildman–Crippen LogP) is 0.582. The number of primary amides is 1. The Balaban J connectivity index is 4.12. The number of hydrogen-bond donors (Lipinski definition) is 1. The fourth-order valence-corrected chi connectivity index (χ4v) is 1.24. The minimum absolute atomic E-state index is 0.153. The van der Waals surface area contributed by atoms with Crippen molar-refractivity contribution in [3.8, 4) is 0 Å². The maximum absolute atomic E-state index is 10.7. The lowest BCUT2D eigenvalue weighted by molar-refractivity contribution is -0.122. The van der Waals surface area contributed by atoms with Crippen LogP contribution in [0.5, 0.6) is 0 Å². The van der Waals surface area contributed by atoms with Crippen molar-refractivity contribution in [1.29, 1.82) is 0 Å². The zero-order chi connectivity index (χ0) is 8.31. The number of amides is 1. The van der Waals surface area contributed by atoms with Gasteiger partial charge in [0.2, 0.25) is 5.91 Å². The number of nitrogens with zero attached hydrogens (tertiary/aromatic N) is 1. The summed E-state index contributed by atoms with van der Waals surface area (Å²) in [6.45, 7) is 3.79.